The number of amides is 1. The number of fused-ring (bicyclic) bond motifs is 1. The van der Waals surface area contributed by atoms with Gasteiger partial charge in [0.05, 0.1) is 47.6 Å². The molecule has 3 aromatic rings. The fraction of sp³-hybridized carbons (Fsp3) is 0.333. The summed E-state index contributed by atoms with van der Waals surface area (Å²) >= 11 is 9.60. The van der Waals surface area contributed by atoms with E-state index in [9.17, 15) is 18.4 Å². The number of nitrogens with zero attached hydrogens (tertiary/aromatic N) is 4. The second kappa shape index (κ2) is 10.4. The summed E-state index contributed by atoms with van der Waals surface area (Å²) in [5.41, 5.74) is 1.91. The van der Waals surface area contributed by atoms with Crippen LogP contribution in [0.2, 0.25) is 5.02 Å². The number of piperazine rings is 1. The molecule has 3 aliphatic heterocycles. The van der Waals surface area contributed by atoms with Crippen LogP contribution in [0.3, 0.4) is 0 Å². The van der Waals surface area contributed by atoms with Crippen LogP contribution in [0.1, 0.15) is 0 Å². The molecule has 6 rings (SSSR count). The number of thioether (sulfide) groups is 1. The summed E-state index contributed by atoms with van der Waals surface area (Å²) in [6, 6.07) is 6.62. The number of carbonyl (C=O) groups excluding carboxylic acids is 1. The zero-order valence-corrected chi connectivity index (χ0v) is 23.4. The van der Waals surface area contributed by atoms with Gasteiger partial charge in [0.1, 0.15) is 11.6 Å². The summed E-state index contributed by atoms with van der Waals surface area (Å²) in [5.74, 6) is -0.893. The van der Waals surface area contributed by atoms with Gasteiger partial charge in [-0.25, -0.2) is 13.1 Å². The maximum absolute atomic E-state index is 14.9. The Labute approximate surface area is 237 Å². The Morgan fingerprint density at radius 2 is 1.97 bits per heavy atom. The zero-order valence-electron chi connectivity index (χ0n) is 21.0. The number of aromatic nitrogens is 1. The van der Waals surface area contributed by atoms with E-state index in [1.165, 1.54) is 42.2 Å². The quantitative estimate of drug-likeness (QED) is 0.240. The third kappa shape index (κ3) is 4.44. The molecule has 0 spiro atoms. The average molecular weight is 591 g/mol. The molecule has 39 heavy (non-hydrogen) atoms. The molecule has 7 nitrogen and oxygen atoms in total. The highest BCUT2D eigenvalue weighted by atomic mass is 35.5. The highest BCUT2D eigenvalue weighted by molar-refractivity contribution is 7.99. The van der Waals surface area contributed by atoms with Gasteiger partial charge in [0.15, 0.2) is 0 Å². The predicted octanol–water partition coefficient (Wildman–Crippen LogP) is 4.80. The van der Waals surface area contributed by atoms with Crippen LogP contribution in [-0.2, 0) is 15.5 Å². The summed E-state index contributed by atoms with van der Waals surface area (Å²) in [5, 5.41) is 1.11. The number of benzene rings is 2. The summed E-state index contributed by atoms with van der Waals surface area (Å²) in [4.78, 5) is 30.9. The van der Waals surface area contributed by atoms with Crippen molar-refractivity contribution in [2.75, 3.05) is 43.9 Å². The van der Waals surface area contributed by atoms with Crippen molar-refractivity contribution in [1.29, 1.82) is 0 Å². The van der Waals surface area contributed by atoms with Gasteiger partial charge in [-0.1, -0.05) is 18.2 Å². The largest absolute Gasteiger partial charge is 0.363 e. The number of aryl methyl sites for hydroxylation is 1. The van der Waals surface area contributed by atoms with Crippen molar-refractivity contribution in [2.24, 2.45) is 0 Å². The number of hydrogen-bond acceptors (Lipinski definition) is 7. The molecule has 0 radical (unpaired) electrons. The van der Waals surface area contributed by atoms with Crippen LogP contribution in [0.4, 0.5) is 14.5 Å². The second-order valence-corrected chi connectivity index (χ2v) is 12.1. The van der Waals surface area contributed by atoms with Crippen molar-refractivity contribution >= 4 is 58.1 Å². The first-order valence-corrected chi connectivity index (χ1v) is 14.5. The highest BCUT2D eigenvalue weighted by Crippen LogP contribution is 2.47. The van der Waals surface area contributed by atoms with Crippen molar-refractivity contribution < 1.29 is 17.8 Å². The van der Waals surface area contributed by atoms with Crippen LogP contribution >= 0.6 is 35.6 Å². The molecule has 0 N–H and O–H groups in total. The fourth-order valence-corrected chi connectivity index (χ4v) is 8.19. The topological polar surface area (TPSA) is 58.0 Å². The molecule has 2 aromatic carbocycles. The minimum absolute atomic E-state index is 0.101. The number of rotatable bonds is 5. The van der Waals surface area contributed by atoms with Crippen molar-refractivity contribution in [3.63, 3.8) is 0 Å². The standard InChI is InChI=1S/C27H25ClF2N4O3S2/c1-3-23(35)33-7-6-32(21-13-31(39-37-2)14-22(21)33)20-12-24(36)34-8-9-38-27-25(18(28)11-17(20)26(27)34)16-5-4-15(29)10-19(16)30/h3-5,10-12,21-22H,1,6-9,13-14H2,2H3. The molecule has 1 aromatic heterocycles. The maximum atomic E-state index is 14.9. The van der Waals surface area contributed by atoms with E-state index in [0.717, 1.165) is 17.1 Å². The molecule has 0 aliphatic carbocycles. The first kappa shape index (κ1) is 26.6. The lowest BCUT2D eigenvalue weighted by molar-refractivity contribution is -0.128. The Morgan fingerprint density at radius 1 is 1.18 bits per heavy atom. The van der Waals surface area contributed by atoms with Gasteiger partial charge in [-0.3, -0.25) is 9.59 Å². The normalized spacial score (nSPS) is 20.9. The molecular formula is C27H25ClF2N4O3S2. The first-order chi connectivity index (χ1) is 18.8. The van der Waals surface area contributed by atoms with E-state index in [2.05, 4.69) is 15.8 Å². The van der Waals surface area contributed by atoms with Crippen LogP contribution in [-0.4, -0.2) is 70.8 Å². The first-order valence-electron chi connectivity index (χ1n) is 12.5. The van der Waals surface area contributed by atoms with E-state index in [0.29, 0.717) is 59.5 Å². The molecule has 12 heteroatoms. The molecule has 2 fully saturated rings. The predicted molar refractivity (Wildman–Crippen MR) is 152 cm³/mol. The molecule has 2 unspecified atom stereocenters. The van der Waals surface area contributed by atoms with Gasteiger partial charge in [-0.05, 0) is 24.3 Å². The highest BCUT2D eigenvalue weighted by Gasteiger charge is 2.45. The van der Waals surface area contributed by atoms with Crippen LogP contribution in [0.15, 0.2) is 52.7 Å². The fourth-order valence-electron chi connectivity index (χ4n) is 6.00. The van der Waals surface area contributed by atoms with Gasteiger partial charge in [-0.15, -0.1) is 11.8 Å². The van der Waals surface area contributed by atoms with Gasteiger partial charge < -0.3 is 18.6 Å². The molecule has 204 valence electrons. The van der Waals surface area contributed by atoms with Crippen molar-refractivity contribution in [3.05, 3.63) is 70.0 Å². The maximum Gasteiger partial charge on any atom is 0.253 e. The number of anilines is 1. The molecule has 1 amide bonds. The van der Waals surface area contributed by atoms with E-state index in [1.54, 1.807) is 23.8 Å². The minimum Gasteiger partial charge on any atom is -0.363 e. The lowest BCUT2D eigenvalue weighted by Gasteiger charge is -2.45. The van der Waals surface area contributed by atoms with E-state index in [4.69, 9.17) is 15.8 Å². The van der Waals surface area contributed by atoms with Crippen LogP contribution in [0.25, 0.3) is 22.0 Å². The molecule has 2 atom stereocenters. The Kier molecular flexibility index (Phi) is 7.13. The SMILES string of the molecule is C=CC(=O)N1CCN(c2cc(=O)n3c4c(c(-c5ccc(F)cc5F)c(Cl)cc24)SCC3)C2CN(SOC)CC21. The average Bonchev–Trinajstić information content (AvgIpc) is 3.34. The number of carbonyl (C=O) groups is 1. The van der Waals surface area contributed by atoms with E-state index < -0.39 is 11.6 Å². The van der Waals surface area contributed by atoms with Gasteiger partial charge in [0.25, 0.3) is 5.56 Å². The molecule has 0 bridgehead atoms. The molecule has 0 saturated carbocycles. The third-order valence-electron chi connectivity index (χ3n) is 7.60. The Balaban J connectivity index is 1.53. The Hall–Kier alpha value is -2.57. The second-order valence-electron chi connectivity index (χ2n) is 9.60. The Bertz CT molecular complexity index is 1570. The lowest BCUT2D eigenvalue weighted by atomic mass is 9.99. The molecule has 4 heterocycles. The van der Waals surface area contributed by atoms with Crippen LogP contribution in [0, 0.1) is 11.6 Å². The summed E-state index contributed by atoms with van der Waals surface area (Å²) in [6.45, 7) is 6.37. The lowest BCUT2D eigenvalue weighted by Crippen LogP contribution is -2.60. The van der Waals surface area contributed by atoms with Crippen molar-refractivity contribution in [1.82, 2.24) is 13.8 Å². The van der Waals surface area contributed by atoms with Crippen LogP contribution < -0.4 is 10.5 Å². The molecule has 2 saturated heterocycles. The van der Waals surface area contributed by atoms with E-state index in [-0.39, 0.29) is 29.1 Å². The number of halogens is 3. The van der Waals surface area contributed by atoms with E-state index in [1.807, 2.05) is 4.90 Å². The molecular weight excluding hydrogens is 566 g/mol. The Morgan fingerprint density at radius 3 is 2.72 bits per heavy atom. The monoisotopic (exact) mass is 590 g/mol. The van der Waals surface area contributed by atoms with Crippen molar-refractivity contribution in [2.45, 2.75) is 23.5 Å². The van der Waals surface area contributed by atoms with E-state index >= 15 is 0 Å². The molecule has 3 aliphatic rings. The summed E-state index contributed by atoms with van der Waals surface area (Å²) < 4.78 is 37.7. The third-order valence-corrected chi connectivity index (χ3v) is 9.63. The number of hydrogen-bond donors (Lipinski definition) is 0. The summed E-state index contributed by atoms with van der Waals surface area (Å²) in [6.07, 6.45) is 1.33. The number of pyridine rings is 1. The smallest absolute Gasteiger partial charge is 0.253 e. The van der Waals surface area contributed by atoms with Gasteiger partial charge in [-0.2, -0.15) is 0 Å². The van der Waals surface area contributed by atoms with Gasteiger partial charge in [0, 0.05) is 72.0 Å². The van der Waals surface area contributed by atoms with Gasteiger partial charge in [0.2, 0.25) is 5.91 Å². The van der Waals surface area contributed by atoms with Crippen LogP contribution in [0.5, 0.6) is 0 Å². The van der Waals surface area contributed by atoms with Crippen molar-refractivity contribution in [3.8, 4) is 11.1 Å². The van der Waals surface area contributed by atoms with Gasteiger partial charge >= 0.3 is 0 Å². The summed E-state index contributed by atoms with van der Waals surface area (Å²) in [7, 11) is 1.60. The minimum atomic E-state index is -0.712. The zero-order chi connectivity index (χ0) is 27.4.